The minimum absolute atomic E-state index is 0.0544. The fourth-order valence-electron chi connectivity index (χ4n) is 3.90. The molecule has 3 aromatic rings. The number of carbonyl (C=O) groups is 2. The Bertz CT molecular complexity index is 1680. The number of methoxy groups -OCH3 is 2. The average molecular weight is 499 g/mol. The highest BCUT2D eigenvalue weighted by Crippen LogP contribution is 2.35. The number of nitrogens with two attached hydrogens (primary N) is 1. The van der Waals surface area contributed by atoms with E-state index in [2.05, 4.69) is 6.07 Å². The van der Waals surface area contributed by atoms with Crippen molar-refractivity contribution in [2.75, 3.05) is 14.2 Å². The fraction of sp³-hybridized carbons (Fsp3) is 0.115. The van der Waals surface area contributed by atoms with Gasteiger partial charge in [0.15, 0.2) is 0 Å². The maximum absolute atomic E-state index is 13.2. The molecule has 1 aliphatic rings. The number of rotatable bonds is 4. The van der Waals surface area contributed by atoms with Gasteiger partial charge in [0.05, 0.1) is 59.1 Å². The zero-order chi connectivity index (χ0) is 26.0. The predicted octanol–water partition coefficient (Wildman–Crippen LogP) is 1.43. The van der Waals surface area contributed by atoms with Crippen molar-refractivity contribution in [3.63, 3.8) is 0 Å². The molecule has 1 aliphatic heterocycles. The van der Waals surface area contributed by atoms with E-state index in [1.54, 1.807) is 42.5 Å². The van der Waals surface area contributed by atoms with E-state index in [-0.39, 0.29) is 17.0 Å². The van der Waals surface area contributed by atoms with E-state index in [0.717, 1.165) is 11.3 Å². The third-order valence-corrected chi connectivity index (χ3v) is 6.79. The summed E-state index contributed by atoms with van der Waals surface area (Å²) in [5, 5.41) is 19.9. The van der Waals surface area contributed by atoms with Gasteiger partial charge in [-0.1, -0.05) is 24.3 Å². The van der Waals surface area contributed by atoms with Crippen LogP contribution in [0.3, 0.4) is 0 Å². The number of ether oxygens (including phenoxy) is 2. The molecule has 2 N–H and O–H groups in total. The third kappa shape index (κ3) is 4.06. The summed E-state index contributed by atoms with van der Waals surface area (Å²) in [7, 11) is 2.56. The molecule has 0 bridgehead atoms. The first-order valence-electron chi connectivity index (χ1n) is 10.5. The van der Waals surface area contributed by atoms with Crippen LogP contribution in [-0.2, 0) is 9.47 Å². The number of thiazole rings is 1. The minimum atomic E-state index is -0.808. The van der Waals surface area contributed by atoms with Gasteiger partial charge < -0.3 is 15.2 Å². The topological polar surface area (TPSA) is 148 Å². The van der Waals surface area contributed by atoms with Crippen molar-refractivity contribution in [1.29, 1.82) is 10.5 Å². The Balaban J connectivity index is 1.90. The molecule has 0 saturated carbocycles. The van der Waals surface area contributed by atoms with Crippen LogP contribution in [-0.4, -0.2) is 30.7 Å². The summed E-state index contributed by atoms with van der Waals surface area (Å²) in [5.41, 5.74) is 7.95. The van der Waals surface area contributed by atoms with Crippen LogP contribution >= 0.6 is 11.3 Å². The van der Waals surface area contributed by atoms with Crippen molar-refractivity contribution in [3.05, 3.63) is 95.9 Å². The highest BCUT2D eigenvalue weighted by atomic mass is 32.1. The van der Waals surface area contributed by atoms with Gasteiger partial charge in [-0.3, -0.25) is 9.36 Å². The smallest absolute Gasteiger partial charge is 0.337 e. The highest BCUT2D eigenvalue weighted by Gasteiger charge is 2.32. The van der Waals surface area contributed by atoms with Gasteiger partial charge in [0, 0.05) is 0 Å². The van der Waals surface area contributed by atoms with Gasteiger partial charge >= 0.3 is 11.9 Å². The predicted molar refractivity (Wildman–Crippen MR) is 132 cm³/mol. The van der Waals surface area contributed by atoms with E-state index in [9.17, 15) is 24.9 Å². The summed E-state index contributed by atoms with van der Waals surface area (Å²) in [4.78, 5) is 36.7. The maximum atomic E-state index is 13.2. The Morgan fingerprint density at radius 2 is 1.47 bits per heavy atom. The first kappa shape index (κ1) is 24.2. The van der Waals surface area contributed by atoms with Crippen molar-refractivity contribution >= 4 is 40.7 Å². The van der Waals surface area contributed by atoms with Gasteiger partial charge in [-0.25, -0.2) is 9.59 Å². The molecule has 4 rings (SSSR count). The van der Waals surface area contributed by atoms with E-state index in [4.69, 9.17) is 15.2 Å². The van der Waals surface area contributed by atoms with E-state index in [1.165, 1.54) is 30.9 Å². The van der Waals surface area contributed by atoms with Crippen molar-refractivity contribution in [2.45, 2.75) is 5.92 Å². The first-order chi connectivity index (χ1) is 17.3. The van der Waals surface area contributed by atoms with Gasteiger partial charge in [-0.15, -0.1) is 11.3 Å². The van der Waals surface area contributed by atoms with Crippen LogP contribution in [0.4, 0.5) is 0 Å². The van der Waals surface area contributed by atoms with Crippen molar-refractivity contribution in [3.8, 4) is 12.1 Å². The summed E-state index contributed by atoms with van der Waals surface area (Å²) >= 11 is 1.08. The molecule has 1 atom stereocenters. The zero-order valence-electron chi connectivity index (χ0n) is 19.1. The molecule has 2 heterocycles. The Hall–Kier alpha value is -4.93. The lowest BCUT2D eigenvalue weighted by Crippen LogP contribution is -2.38. The van der Waals surface area contributed by atoms with Crippen LogP contribution in [0.1, 0.15) is 37.8 Å². The standard InChI is InChI=1S/C26H18N4O5S/c1-34-25(32)16-5-3-14(4-6-16)11-20-23(31)30-22(29)18(12-27)21(19(13-28)24(30)36-20)15-7-9-17(10-8-15)26(33)35-2/h3-11,21H,29H2,1-2H3/b20-11+/t21-/m0/s1. The Labute approximate surface area is 208 Å². The number of hydrogen-bond acceptors (Lipinski definition) is 9. The van der Waals surface area contributed by atoms with Gasteiger partial charge in [0.25, 0.3) is 5.56 Å². The Morgan fingerprint density at radius 1 is 0.944 bits per heavy atom. The second-order valence-corrected chi connectivity index (χ2v) is 8.68. The number of nitrogens with zero attached hydrogens (tertiary/aromatic N) is 3. The second kappa shape index (κ2) is 9.74. The summed E-state index contributed by atoms with van der Waals surface area (Å²) in [6.45, 7) is 0. The number of allylic oxidation sites excluding steroid dienone is 1. The van der Waals surface area contributed by atoms with Crippen molar-refractivity contribution in [1.82, 2.24) is 4.57 Å². The fourth-order valence-corrected chi connectivity index (χ4v) is 5.03. The van der Waals surface area contributed by atoms with Crippen LogP contribution in [0.5, 0.6) is 0 Å². The van der Waals surface area contributed by atoms with Crippen molar-refractivity contribution in [2.24, 2.45) is 5.73 Å². The number of fused-ring (bicyclic) bond motifs is 1. The summed E-state index contributed by atoms with van der Waals surface area (Å²) < 4.78 is 11.2. The SMILES string of the molecule is COC(=O)c1ccc(/C=c2/sc3n(c2=O)C(N)=C(C#N)[C@H](c2ccc(C(=O)OC)cc2)C=3C#N)cc1. The Morgan fingerprint density at radius 3 is 1.97 bits per heavy atom. The van der Waals surface area contributed by atoms with Gasteiger partial charge in [-0.2, -0.15) is 10.5 Å². The third-order valence-electron chi connectivity index (χ3n) is 5.68. The molecule has 10 heteroatoms. The van der Waals surface area contributed by atoms with E-state index >= 15 is 0 Å². The zero-order valence-corrected chi connectivity index (χ0v) is 20.0. The molecule has 1 aromatic heterocycles. The number of hydrogen-bond donors (Lipinski definition) is 1. The van der Waals surface area contributed by atoms with Crippen LogP contribution in [0.25, 0.3) is 17.5 Å². The largest absolute Gasteiger partial charge is 0.465 e. The molecule has 0 fully saturated rings. The van der Waals surface area contributed by atoms with Crippen LogP contribution < -0.4 is 20.5 Å². The molecule has 0 unspecified atom stereocenters. The van der Waals surface area contributed by atoms with E-state index < -0.39 is 23.4 Å². The minimum Gasteiger partial charge on any atom is -0.465 e. The molecule has 178 valence electrons. The lowest BCUT2D eigenvalue weighted by Gasteiger charge is -2.22. The van der Waals surface area contributed by atoms with Gasteiger partial charge in [-0.05, 0) is 41.5 Å². The summed E-state index contributed by atoms with van der Waals surface area (Å²) in [6.07, 6.45) is 1.62. The molecule has 36 heavy (non-hydrogen) atoms. The molecule has 0 saturated heterocycles. The first-order valence-corrected chi connectivity index (χ1v) is 11.3. The van der Waals surface area contributed by atoms with Gasteiger partial charge in [0.1, 0.15) is 10.5 Å². The number of nitriles is 2. The molecule has 0 amide bonds. The van der Waals surface area contributed by atoms with Gasteiger partial charge in [0.2, 0.25) is 0 Å². The van der Waals surface area contributed by atoms with Crippen LogP contribution in [0, 0.1) is 22.7 Å². The average Bonchev–Trinajstić information content (AvgIpc) is 3.23. The molecule has 9 nitrogen and oxygen atoms in total. The lowest BCUT2D eigenvalue weighted by molar-refractivity contribution is 0.0592. The quantitative estimate of drug-likeness (QED) is 0.531. The number of benzene rings is 2. The molecular formula is C26H18N4O5S. The highest BCUT2D eigenvalue weighted by molar-refractivity contribution is 7.07. The summed E-state index contributed by atoms with van der Waals surface area (Å²) in [5.74, 6) is -1.86. The normalized spacial score (nSPS) is 15.1. The molecular weight excluding hydrogens is 480 g/mol. The van der Waals surface area contributed by atoms with Crippen molar-refractivity contribution < 1.29 is 19.1 Å². The molecule has 0 radical (unpaired) electrons. The number of carbonyl (C=O) groups excluding carboxylic acids is 2. The maximum Gasteiger partial charge on any atom is 0.337 e. The molecule has 0 spiro atoms. The lowest BCUT2D eigenvalue weighted by atomic mass is 9.84. The number of aromatic nitrogens is 1. The molecule has 2 aromatic carbocycles. The number of esters is 2. The monoisotopic (exact) mass is 498 g/mol. The Kier molecular flexibility index (Phi) is 6.55. The second-order valence-electron chi connectivity index (χ2n) is 7.65. The van der Waals surface area contributed by atoms with Crippen LogP contribution in [0.2, 0.25) is 0 Å². The van der Waals surface area contributed by atoms with E-state index in [1.807, 2.05) is 6.07 Å². The van der Waals surface area contributed by atoms with E-state index in [0.29, 0.717) is 31.4 Å². The summed E-state index contributed by atoms with van der Waals surface area (Å²) in [6, 6.07) is 17.0. The van der Waals surface area contributed by atoms with Crippen LogP contribution in [0.15, 0.2) is 58.9 Å². The molecule has 0 aliphatic carbocycles.